The summed E-state index contributed by atoms with van der Waals surface area (Å²) in [5, 5.41) is 20.7. The Morgan fingerprint density at radius 1 is 1.00 bits per heavy atom. The molecular weight excluding hydrogens is 486 g/mol. The van der Waals surface area contributed by atoms with Gasteiger partial charge in [0.2, 0.25) is 11.9 Å². The van der Waals surface area contributed by atoms with Crippen LogP contribution in [0.25, 0.3) is 22.5 Å². The Hall–Kier alpha value is -5.16. The zero-order chi connectivity index (χ0) is 26.6. The molecule has 8 nitrogen and oxygen atoms in total. The standard InChI is InChI=1S/C31H23N7O/c1-30(17-31(18-32)24-12-3-2-10-22(24)25(30)23-11-6-14-34-26(23)31)28(39)36-29-35-27(37-38-29)20-8-4-7-19(15-20)21-9-5-13-33-16-21/h2-16,25H,17H2,1H3,(H2,35,36,37,38,39)/t25?,30-,31-/m0/s1. The van der Waals surface area contributed by atoms with Crippen molar-refractivity contribution >= 4 is 11.9 Å². The summed E-state index contributed by atoms with van der Waals surface area (Å²) in [6.45, 7) is 1.93. The first-order valence-corrected chi connectivity index (χ1v) is 12.7. The molecule has 1 unspecified atom stereocenters. The quantitative estimate of drug-likeness (QED) is 0.342. The number of nitrogens with one attached hydrogen (secondary N) is 2. The maximum atomic E-state index is 14.0. The highest BCUT2D eigenvalue weighted by Crippen LogP contribution is 2.63. The number of nitriles is 1. The lowest BCUT2D eigenvalue weighted by Crippen LogP contribution is -2.54. The second kappa shape index (κ2) is 8.43. The summed E-state index contributed by atoms with van der Waals surface area (Å²) in [5.41, 5.74) is 4.50. The fourth-order valence-electron chi connectivity index (χ4n) is 6.39. The molecule has 0 spiro atoms. The van der Waals surface area contributed by atoms with E-state index in [1.54, 1.807) is 12.4 Å². The molecule has 2 aromatic carbocycles. The zero-order valence-electron chi connectivity index (χ0n) is 21.1. The highest BCUT2D eigenvalue weighted by Gasteiger charge is 2.61. The number of rotatable bonds is 4. The Kier molecular flexibility index (Phi) is 4.97. The van der Waals surface area contributed by atoms with Crippen LogP contribution >= 0.6 is 0 Å². The third-order valence-electron chi connectivity index (χ3n) is 8.11. The van der Waals surface area contributed by atoms with Crippen molar-refractivity contribution in [2.24, 2.45) is 5.41 Å². The van der Waals surface area contributed by atoms with Crippen LogP contribution in [0.5, 0.6) is 0 Å². The van der Waals surface area contributed by atoms with Crippen molar-refractivity contribution < 1.29 is 4.79 Å². The van der Waals surface area contributed by atoms with E-state index >= 15 is 0 Å². The minimum Gasteiger partial charge on any atom is -0.293 e. The van der Waals surface area contributed by atoms with Gasteiger partial charge in [0.05, 0.1) is 17.2 Å². The van der Waals surface area contributed by atoms with Crippen LogP contribution in [0, 0.1) is 16.7 Å². The fourth-order valence-corrected chi connectivity index (χ4v) is 6.39. The second-order valence-electron chi connectivity index (χ2n) is 10.4. The normalized spacial score (nSPS) is 22.4. The van der Waals surface area contributed by atoms with Gasteiger partial charge in [-0.1, -0.05) is 54.6 Å². The molecule has 3 aliphatic rings. The van der Waals surface area contributed by atoms with Gasteiger partial charge in [0.25, 0.3) is 0 Å². The number of fused-ring (bicyclic) bond motifs is 1. The van der Waals surface area contributed by atoms with E-state index < -0.39 is 10.8 Å². The van der Waals surface area contributed by atoms with Crippen LogP contribution in [-0.4, -0.2) is 31.1 Å². The van der Waals surface area contributed by atoms with Crippen molar-refractivity contribution in [3.63, 3.8) is 0 Å². The average Bonchev–Trinajstić information content (AvgIpc) is 3.46. The number of carbonyl (C=O) groups is 1. The summed E-state index contributed by atoms with van der Waals surface area (Å²) in [4.78, 5) is 27.4. The Labute approximate surface area is 224 Å². The second-order valence-corrected chi connectivity index (χ2v) is 10.4. The molecular formula is C31H23N7O. The van der Waals surface area contributed by atoms with Crippen molar-refractivity contribution in [3.05, 3.63) is 114 Å². The van der Waals surface area contributed by atoms with Gasteiger partial charge in [0.15, 0.2) is 5.82 Å². The first-order chi connectivity index (χ1) is 19.0. The van der Waals surface area contributed by atoms with Crippen molar-refractivity contribution in [3.8, 4) is 28.6 Å². The van der Waals surface area contributed by atoms with Gasteiger partial charge in [-0.15, -0.1) is 5.10 Å². The SMILES string of the molecule is C[C@]1(C(=O)Nc2n[nH]c(-c3cccc(-c4cccnc4)c3)n2)C[C@]2(C#N)c3ccccc3C1c1cccnc12. The van der Waals surface area contributed by atoms with Crippen molar-refractivity contribution in [2.45, 2.75) is 24.7 Å². The van der Waals surface area contributed by atoms with Gasteiger partial charge in [-0.25, -0.2) is 0 Å². The molecule has 5 aromatic rings. The van der Waals surface area contributed by atoms with Crippen LogP contribution in [0.2, 0.25) is 0 Å². The molecule has 8 heteroatoms. The average molecular weight is 510 g/mol. The molecule has 39 heavy (non-hydrogen) atoms. The molecule has 3 aliphatic carbocycles. The molecule has 188 valence electrons. The van der Waals surface area contributed by atoms with Crippen molar-refractivity contribution in [1.29, 1.82) is 5.26 Å². The smallest absolute Gasteiger partial charge is 0.249 e. The molecule has 2 bridgehead atoms. The van der Waals surface area contributed by atoms with Gasteiger partial charge in [-0.05, 0) is 53.8 Å². The molecule has 0 aliphatic heterocycles. The van der Waals surface area contributed by atoms with E-state index in [0.717, 1.165) is 39.1 Å². The van der Waals surface area contributed by atoms with E-state index in [1.165, 1.54) is 0 Å². The van der Waals surface area contributed by atoms with Crippen LogP contribution in [0.3, 0.4) is 0 Å². The zero-order valence-corrected chi connectivity index (χ0v) is 21.1. The number of H-pyrrole nitrogens is 1. The maximum absolute atomic E-state index is 14.0. The molecule has 3 atom stereocenters. The third kappa shape index (κ3) is 3.33. The summed E-state index contributed by atoms with van der Waals surface area (Å²) in [7, 11) is 0. The van der Waals surface area contributed by atoms with Crippen LogP contribution in [0.1, 0.15) is 41.6 Å². The van der Waals surface area contributed by atoms with E-state index in [2.05, 4.69) is 36.5 Å². The highest BCUT2D eigenvalue weighted by atomic mass is 16.2. The van der Waals surface area contributed by atoms with Crippen LogP contribution in [0.4, 0.5) is 5.95 Å². The Morgan fingerprint density at radius 2 is 1.79 bits per heavy atom. The number of benzene rings is 2. The Morgan fingerprint density at radius 3 is 2.64 bits per heavy atom. The van der Waals surface area contributed by atoms with Crippen LogP contribution < -0.4 is 5.32 Å². The maximum Gasteiger partial charge on any atom is 0.249 e. The lowest BCUT2D eigenvalue weighted by atomic mass is 9.48. The van der Waals surface area contributed by atoms with E-state index in [4.69, 9.17) is 0 Å². The lowest BCUT2D eigenvalue weighted by molar-refractivity contribution is -0.127. The Bertz CT molecular complexity index is 1740. The molecule has 0 saturated heterocycles. The predicted octanol–water partition coefficient (Wildman–Crippen LogP) is 5.23. The number of pyridine rings is 2. The first kappa shape index (κ1) is 23.0. The predicted molar refractivity (Wildman–Crippen MR) is 145 cm³/mol. The van der Waals surface area contributed by atoms with Crippen molar-refractivity contribution in [2.75, 3.05) is 5.32 Å². The number of aromatic nitrogens is 5. The summed E-state index contributed by atoms with van der Waals surface area (Å²) in [6, 6.07) is 26.1. The summed E-state index contributed by atoms with van der Waals surface area (Å²) in [6.07, 6.45) is 5.59. The van der Waals surface area contributed by atoms with E-state index in [1.807, 2.05) is 85.9 Å². The topological polar surface area (TPSA) is 120 Å². The number of anilines is 1. The van der Waals surface area contributed by atoms with Gasteiger partial charge in [-0.3, -0.25) is 25.2 Å². The monoisotopic (exact) mass is 509 g/mol. The number of hydrogen-bond acceptors (Lipinski definition) is 6. The van der Waals surface area contributed by atoms with E-state index in [-0.39, 0.29) is 17.8 Å². The van der Waals surface area contributed by atoms with Gasteiger partial charge in [0.1, 0.15) is 5.41 Å². The first-order valence-electron chi connectivity index (χ1n) is 12.7. The van der Waals surface area contributed by atoms with E-state index in [0.29, 0.717) is 12.2 Å². The molecule has 0 radical (unpaired) electrons. The summed E-state index contributed by atoms with van der Waals surface area (Å²) in [5.74, 6) is 0.253. The largest absolute Gasteiger partial charge is 0.293 e. The summed E-state index contributed by atoms with van der Waals surface area (Å²) < 4.78 is 0. The van der Waals surface area contributed by atoms with Crippen LogP contribution in [-0.2, 0) is 10.2 Å². The number of nitrogens with zero attached hydrogens (tertiary/aromatic N) is 5. The molecule has 1 amide bonds. The molecule has 3 heterocycles. The molecule has 2 N–H and O–H groups in total. The van der Waals surface area contributed by atoms with Gasteiger partial charge >= 0.3 is 0 Å². The molecule has 8 rings (SSSR count). The number of hydrogen-bond donors (Lipinski definition) is 2. The fraction of sp³-hybridized carbons (Fsp3) is 0.161. The minimum atomic E-state index is -1.01. The number of carbonyl (C=O) groups excluding carboxylic acids is 1. The third-order valence-corrected chi connectivity index (χ3v) is 8.11. The van der Waals surface area contributed by atoms with Gasteiger partial charge in [-0.2, -0.15) is 10.2 Å². The van der Waals surface area contributed by atoms with E-state index in [9.17, 15) is 10.1 Å². The Balaban J connectivity index is 1.23. The van der Waals surface area contributed by atoms with Gasteiger partial charge in [0, 0.05) is 35.6 Å². The lowest BCUT2D eigenvalue weighted by Gasteiger charge is -2.53. The molecule has 3 aromatic heterocycles. The van der Waals surface area contributed by atoms with Gasteiger partial charge < -0.3 is 0 Å². The number of amides is 1. The van der Waals surface area contributed by atoms with Crippen molar-refractivity contribution in [1.82, 2.24) is 25.1 Å². The minimum absolute atomic E-state index is 0.190. The molecule has 0 fully saturated rings. The molecule has 0 saturated carbocycles. The van der Waals surface area contributed by atoms with Crippen LogP contribution in [0.15, 0.2) is 91.4 Å². The highest BCUT2D eigenvalue weighted by molar-refractivity contribution is 5.96. The summed E-state index contributed by atoms with van der Waals surface area (Å²) >= 11 is 0. The number of aromatic amines is 1.